The van der Waals surface area contributed by atoms with E-state index in [0.717, 1.165) is 27.9 Å². The molecule has 5 heteroatoms. The molecule has 1 fully saturated rings. The number of halogens is 2. The van der Waals surface area contributed by atoms with Gasteiger partial charge in [-0.2, -0.15) is 0 Å². The lowest BCUT2D eigenvalue weighted by molar-refractivity contribution is 0.301. The fourth-order valence-electron chi connectivity index (χ4n) is 2.09. The Bertz CT molecular complexity index is 631. The second kappa shape index (κ2) is 6.77. The summed E-state index contributed by atoms with van der Waals surface area (Å²) in [6, 6.07) is 8.52. The van der Waals surface area contributed by atoms with Gasteiger partial charge in [-0.05, 0) is 40.9 Å². The van der Waals surface area contributed by atoms with Crippen LogP contribution in [0.3, 0.4) is 0 Å². The topological polar surface area (TPSA) is 34.1 Å². The van der Waals surface area contributed by atoms with Crippen molar-refractivity contribution in [3.05, 3.63) is 57.3 Å². The first-order chi connectivity index (χ1) is 10.2. The van der Waals surface area contributed by atoms with E-state index in [2.05, 4.69) is 32.3 Å². The standard InChI is InChI=1S/C16H16BrClN2O/c17-13-6-11(7-19-9-13)10-21-16-12(2-1-3-15(16)18)8-20-14-4-5-14/h1-3,6-7,9,14,20H,4-5,8,10H2. The predicted octanol–water partition coefficient (Wildman–Crippen LogP) is 4.33. The molecule has 21 heavy (non-hydrogen) atoms. The lowest BCUT2D eigenvalue weighted by atomic mass is 10.2. The van der Waals surface area contributed by atoms with Crippen molar-refractivity contribution >= 4 is 27.5 Å². The number of hydrogen-bond acceptors (Lipinski definition) is 3. The highest BCUT2D eigenvalue weighted by Crippen LogP contribution is 2.30. The van der Waals surface area contributed by atoms with Gasteiger partial charge in [-0.25, -0.2) is 0 Å². The Kier molecular flexibility index (Phi) is 4.78. The Morgan fingerprint density at radius 1 is 1.33 bits per heavy atom. The molecule has 1 aromatic heterocycles. The van der Waals surface area contributed by atoms with Crippen molar-refractivity contribution in [2.45, 2.75) is 32.0 Å². The van der Waals surface area contributed by atoms with Crippen molar-refractivity contribution in [3.8, 4) is 5.75 Å². The highest BCUT2D eigenvalue weighted by atomic mass is 79.9. The average molecular weight is 368 g/mol. The third-order valence-corrected chi connectivity index (χ3v) is 4.08. The van der Waals surface area contributed by atoms with Gasteiger partial charge < -0.3 is 10.1 Å². The Hall–Kier alpha value is -1.10. The third-order valence-electron chi connectivity index (χ3n) is 3.35. The van der Waals surface area contributed by atoms with Crippen molar-refractivity contribution < 1.29 is 4.74 Å². The van der Waals surface area contributed by atoms with Gasteiger partial charge in [0.15, 0.2) is 0 Å². The average Bonchev–Trinajstić information content (AvgIpc) is 3.28. The number of nitrogens with zero attached hydrogens (tertiary/aromatic N) is 1. The van der Waals surface area contributed by atoms with Crippen LogP contribution in [0.1, 0.15) is 24.0 Å². The van der Waals surface area contributed by atoms with Gasteiger partial charge in [0.2, 0.25) is 0 Å². The smallest absolute Gasteiger partial charge is 0.142 e. The molecule has 2 aromatic rings. The molecular weight excluding hydrogens is 352 g/mol. The van der Waals surface area contributed by atoms with Crippen molar-refractivity contribution in [3.63, 3.8) is 0 Å². The Morgan fingerprint density at radius 2 is 2.19 bits per heavy atom. The quantitative estimate of drug-likeness (QED) is 0.825. The van der Waals surface area contributed by atoms with Crippen LogP contribution in [0.5, 0.6) is 5.75 Å². The zero-order valence-corrected chi connectivity index (χ0v) is 13.8. The number of hydrogen-bond donors (Lipinski definition) is 1. The van der Waals surface area contributed by atoms with Gasteiger partial charge in [-0.15, -0.1) is 0 Å². The van der Waals surface area contributed by atoms with E-state index in [1.54, 1.807) is 12.4 Å². The van der Waals surface area contributed by atoms with Crippen molar-refractivity contribution in [2.75, 3.05) is 0 Å². The maximum Gasteiger partial charge on any atom is 0.142 e. The van der Waals surface area contributed by atoms with Crippen LogP contribution in [-0.2, 0) is 13.2 Å². The third kappa shape index (κ3) is 4.19. The molecule has 1 aliphatic carbocycles. The minimum atomic E-state index is 0.451. The molecule has 3 rings (SSSR count). The number of rotatable bonds is 6. The largest absolute Gasteiger partial charge is 0.487 e. The molecule has 0 amide bonds. The van der Waals surface area contributed by atoms with Crippen molar-refractivity contribution in [1.82, 2.24) is 10.3 Å². The molecule has 1 saturated carbocycles. The summed E-state index contributed by atoms with van der Waals surface area (Å²) in [5.41, 5.74) is 2.10. The van der Waals surface area contributed by atoms with Crippen molar-refractivity contribution in [1.29, 1.82) is 0 Å². The summed E-state index contributed by atoms with van der Waals surface area (Å²) in [5.74, 6) is 0.757. The summed E-state index contributed by atoms with van der Waals surface area (Å²) in [5, 5.41) is 4.14. The molecule has 0 aliphatic heterocycles. The fourth-order valence-corrected chi connectivity index (χ4v) is 2.75. The number of ether oxygens (including phenoxy) is 1. The van der Waals surface area contributed by atoms with Gasteiger partial charge in [-0.3, -0.25) is 4.98 Å². The van der Waals surface area contributed by atoms with E-state index in [-0.39, 0.29) is 0 Å². The molecule has 0 unspecified atom stereocenters. The van der Waals surface area contributed by atoms with Crippen LogP contribution in [0.25, 0.3) is 0 Å². The predicted molar refractivity (Wildman–Crippen MR) is 87.6 cm³/mol. The zero-order valence-electron chi connectivity index (χ0n) is 11.5. The summed E-state index contributed by atoms with van der Waals surface area (Å²) >= 11 is 9.69. The lowest BCUT2D eigenvalue weighted by Crippen LogP contribution is -2.16. The van der Waals surface area contributed by atoms with Gasteiger partial charge in [0, 0.05) is 40.6 Å². The molecule has 0 atom stereocenters. The fraction of sp³-hybridized carbons (Fsp3) is 0.312. The highest BCUT2D eigenvalue weighted by Gasteiger charge is 2.21. The normalized spacial score (nSPS) is 14.2. The molecule has 0 radical (unpaired) electrons. The Morgan fingerprint density at radius 3 is 2.95 bits per heavy atom. The van der Waals surface area contributed by atoms with Gasteiger partial charge in [0.25, 0.3) is 0 Å². The zero-order chi connectivity index (χ0) is 14.7. The van der Waals surface area contributed by atoms with E-state index in [1.165, 1.54) is 12.8 Å². The number of para-hydroxylation sites is 1. The van der Waals surface area contributed by atoms with Crippen molar-refractivity contribution in [2.24, 2.45) is 0 Å². The molecule has 0 bridgehead atoms. The molecule has 1 N–H and O–H groups in total. The first kappa shape index (κ1) is 14.8. The SMILES string of the molecule is Clc1cccc(CNC2CC2)c1OCc1cncc(Br)c1. The minimum absolute atomic E-state index is 0.451. The van der Waals surface area contributed by atoms with E-state index in [9.17, 15) is 0 Å². The van der Waals surface area contributed by atoms with Gasteiger partial charge in [0.05, 0.1) is 5.02 Å². The number of nitrogens with one attached hydrogen (secondary N) is 1. The van der Waals surface area contributed by atoms with E-state index in [4.69, 9.17) is 16.3 Å². The van der Waals surface area contributed by atoms with Crippen LogP contribution in [0.2, 0.25) is 5.02 Å². The van der Waals surface area contributed by atoms with Gasteiger partial charge >= 0.3 is 0 Å². The Labute approximate surface area is 137 Å². The molecule has 3 nitrogen and oxygen atoms in total. The minimum Gasteiger partial charge on any atom is -0.487 e. The van der Waals surface area contributed by atoms with Crippen LogP contribution in [0.15, 0.2) is 41.1 Å². The summed E-state index contributed by atoms with van der Waals surface area (Å²) in [4.78, 5) is 4.14. The van der Waals surface area contributed by atoms with E-state index in [1.807, 2.05) is 18.2 Å². The van der Waals surface area contributed by atoms with Crippen LogP contribution < -0.4 is 10.1 Å². The second-order valence-corrected chi connectivity index (χ2v) is 6.51. The molecule has 0 saturated heterocycles. The summed E-state index contributed by atoms with van der Waals surface area (Å²) in [6.45, 7) is 1.24. The lowest BCUT2D eigenvalue weighted by Gasteiger charge is -2.13. The van der Waals surface area contributed by atoms with E-state index in [0.29, 0.717) is 17.7 Å². The molecular formula is C16H16BrClN2O. The number of pyridine rings is 1. The maximum absolute atomic E-state index is 6.28. The summed E-state index contributed by atoms with van der Waals surface area (Å²) in [7, 11) is 0. The number of aromatic nitrogens is 1. The summed E-state index contributed by atoms with van der Waals surface area (Å²) in [6.07, 6.45) is 6.08. The van der Waals surface area contributed by atoms with Crippen LogP contribution >= 0.6 is 27.5 Å². The van der Waals surface area contributed by atoms with Crippen LogP contribution in [-0.4, -0.2) is 11.0 Å². The van der Waals surface area contributed by atoms with Gasteiger partial charge in [0.1, 0.15) is 12.4 Å². The highest BCUT2D eigenvalue weighted by molar-refractivity contribution is 9.10. The molecule has 1 aromatic carbocycles. The first-order valence-corrected chi connectivity index (χ1v) is 8.12. The molecule has 1 heterocycles. The molecule has 1 aliphatic rings. The summed E-state index contributed by atoms with van der Waals surface area (Å²) < 4.78 is 6.87. The van der Waals surface area contributed by atoms with E-state index >= 15 is 0 Å². The molecule has 110 valence electrons. The first-order valence-electron chi connectivity index (χ1n) is 6.95. The monoisotopic (exact) mass is 366 g/mol. The van der Waals surface area contributed by atoms with Crippen LogP contribution in [0, 0.1) is 0 Å². The second-order valence-electron chi connectivity index (χ2n) is 5.18. The molecule has 0 spiro atoms. The van der Waals surface area contributed by atoms with E-state index < -0.39 is 0 Å². The number of benzene rings is 1. The van der Waals surface area contributed by atoms with Gasteiger partial charge in [-0.1, -0.05) is 23.7 Å². The van der Waals surface area contributed by atoms with Crippen LogP contribution in [0.4, 0.5) is 0 Å². The Balaban J connectivity index is 1.70. The maximum atomic E-state index is 6.28.